The van der Waals surface area contributed by atoms with Gasteiger partial charge in [-0.15, -0.1) is 33.3 Å². The van der Waals surface area contributed by atoms with Gasteiger partial charge in [-0.25, -0.2) is 29.6 Å². The summed E-state index contributed by atoms with van der Waals surface area (Å²) in [7, 11) is 0. The number of anilines is 1. The Kier molecular flexibility index (Phi) is 15.7. The van der Waals surface area contributed by atoms with Gasteiger partial charge in [0, 0.05) is 22.4 Å². The molecule has 2 aliphatic rings. The number of carbonyl (C=O) groups excluding carboxylic acids is 4. The molecule has 0 aliphatic carbocycles. The number of aromatic nitrogens is 3. The van der Waals surface area contributed by atoms with Gasteiger partial charge in [-0.05, 0) is 30.7 Å². The number of carboxylic acids is 3. The average Bonchev–Trinajstić information content (AvgIpc) is 3.78. The first-order chi connectivity index (χ1) is 27.3. The predicted octanol–water partition coefficient (Wildman–Crippen LogP) is 1.78. The van der Waals surface area contributed by atoms with Gasteiger partial charge in [-0.2, -0.15) is 26.3 Å². The molecule has 59 heavy (non-hydrogen) atoms. The van der Waals surface area contributed by atoms with Crippen LogP contribution in [0.5, 0.6) is 11.5 Å². The quantitative estimate of drug-likeness (QED) is 0.0481. The van der Waals surface area contributed by atoms with E-state index in [1.807, 2.05) is 0 Å². The number of phenolic OH excluding ortho intramolecular Hbond substituents is 2. The lowest BCUT2D eigenvalue weighted by molar-refractivity contribution is -0.193. The van der Waals surface area contributed by atoms with Gasteiger partial charge in [0.25, 0.3) is 11.8 Å². The Balaban J connectivity index is 0.000000569. The number of halogens is 6. The first-order valence-corrected chi connectivity index (χ1v) is 18.9. The molecule has 2 aromatic heterocycles. The van der Waals surface area contributed by atoms with Crippen molar-refractivity contribution < 1.29 is 85.4 Å². The van der Waals surface area contributed by atoms with E-state index in [4.69, 9.17) is 25.5 Å². The second-order valence-electron chi connectivity index (χ2n) is 10.9. The molecular formula is C28H25F6N9O12S4. The Labute approximate surface area is 340 Å². The number of benzene rings is 1. The number of carbonyl (C=O) groups is 7. The molecule has 0 saturated carbocycles. The summed E-state index contributed by atoms with van der Waals surface area (Å²) in [6, 6.07) is -0.321. The number of carboxylic acid groups (broad SMARTS) is 3. The maximum Gasteiger partial charge on any atom is 0.490 e. The van der Waals surface area contributed by atoms with Crippen LogP contribution in [0.4, 0.5) is 36.3 Å². The molecule has 1 fully saturated rings. The molecule has 2 aliphatic heterocycles. The zero-order valence-electron chi connectivity index (χ0n) is 28.8. The molecule has 21 nitrogen and oxygen atoms in total. The molecule has 1 saturated heterocycles. The normalized spacial score (nSPS) is 16.4. The van der Waals surface area contributed by atoms with Crippen LogP contribution in [-0.4, -0.2) is 123 Å². The van der Waals surface area contributed by atoms with Crippen LogP contribution in [0.3, 0.4) is 0 Å². The van der Waals surface area contributed by atoms with E-state index in [-0.39, 0.29) is 27.8 Å². The average molecular weight is 922 g/mol. The Hall–Kier alpha value is -6.08. The van der Waals surface area contributed by atoms with Crippen molar-refractivity contribution in [3.63, 3.8) is 0 Å². The Bertz CT molecular complexity index is 2130. The zero-order valence-corrected chi connectivity index (χ0v) is 32.1. The van der Waals surface area contributed by atoms with E-state index < -0.39 is 83.0 Å². The van der Waals surface area contributed by atoms with Crippen molar-refractivity contribution in [2.45, 2.75) is 41.1 Å². The Morgan fingerprint density at radius 1 is 0.983 bits per heavy atom. The number of hydrazine groups is 1. The van der Waals surface area contributed by atoms with E-state index in [9.17, 15) is 65.6 Å². The monoisotopic (exact) mass is 921 g/mol. The number of thiazole rings is 1. The Morgan fingerprint density at radius 2 is 1.59 bits per heavy atom. The fourth-order valence-electron chi connectivity index (χ4n) is 4.24. The van der Waals surface area contributed by atoms with Gasteiger partial charge in [-0.1, -0.05) is 23.1 Å². The highest BCUT2D eigenvalue weighted by Crippen LogP contribution is 2.42. The molecule has 31 heteroatoms. The minimum Gasteiger partial charge on any atom is -0.504 e. The molecule has 1 aromatic carbocycles. The highest BCUT2D eigenvalue weighted by atomic mass is 32.2. The van der Waals surface area contributed by atoms with Crippen LogP contribution in [0, 0.1) is 6.92 Å². The summed E-state index contributed by atoms with van der Waals surface area (Å²) >= 11 is 4.97. The molecule has 3 atom stereocenters. The fraction of sp³-hybridized carbons (Fsp3) is 0.286. The van der Waals surface area contributed by atoms with Crippen molar-refractivity contribution in [3.8, 4) is 11.5 Å². The minimum absolute atomic E-state index is 0.0530. The van der Waals surface area contributed by atoms with E-state index in [2.05, 4.69) is 36.7 Å². The number of alkyl halides is 6. The van der Waals surface area contributed by atoms with Gasteiger partial charge in [0.1, 0.15) is 22.1 Å². The van der Waals surface area contributed by atoms with E-state index in [0.717, 1.165) is 33.4 Å². The maximum atomic E-state index is 13.4. The number of aromatic hydroxyl groups is 2. The minimum atomic E-state index is -5.08. The highest BCUT2D eigenvalue weighted by Gasteiger charge is 2.54. The van der Waals surface area contributed by atoms with Crippen LogP contribution in [0.1, 0.15) is 27.1 Å². The third-order valence-corrected chi connectivity index (χ3v) is 10.9. The number of hydrogen-bond acceptors (Lipinski definition) is 17. The molecule has 320 valence electrons. The number of aryl methyl sites for hydroxylation is 1. The van der Waals surface area contributed by atoms with Gasteiger partial charge < -0.3 is 41.9 Å². The standard InChI is InChI=1S/C24H23N9O8S4.2C2HF3O2/c1-8-29-32-24(45-8)44-6-10-5-42-20-15(19(38)33(20)16(10)21(39)40)27-18(37)14(11-7-43-22(25)26-11)28-23(41)31-30-17(36)9-2-3-12(34)13(35)4-9;2*3-2(4,5)1(6)7/h2-4,7,14-15,20,34-35H,5-6H2,1H3,(H2,25,26)(H,27,37)(H,30,36)(H,39,40)(H2,28,31,41);2*(H,6,7)/t14?,15?,20-;;/m0../s1. The first-order valence-electron chi connectivity index (χ1n) is 15.1. The molecule has 2 unspecified atom stereocenters. The molecule has 3 aromatic rings. The topological polar surface area (TPSA) is 337 Å². The third kappa shape index (κ3) is 13.0. The first kappa shape index (κ1) is 47.3. The van der Waals surface area contributed by atoms with Gasteiger partial charge in [0.15, 0.2) is 27.0 Å². The maximum absolute atomic E-state index is 13.4. The Morgan fingerprint density at radius 3 is 2.08 bits per heavy atom. The molecule has 4 heterocycles. The summed E-state index contributed by atoms with van der Waals surface area (Å²) in [5.74, 6) is -9.52. The van der Waals surface area contributed by atoms with Gasteiger partial charge in [0.05, 0.1) is 5.69 Å². The lowest BCUT2D eigenvalue weighted by Gasteiger charge is -2.49. The number of phenols is 2. The van der Waals surface area contributed by atoms with Crippen molar-refractivity contribution in [1.82, 2.24) is 41.6 Å². The molecule has 5 amide bonds. The van der Waals surface area contributed by atoms with E-state index in [1.54, 1.807) is 6.92 Å². The van der Waals surface area contributed by atoms with Crippen LogP contribution in [-0.2, 0) is 24.0 Å². The largest absolute Gasteiger partial charge is 0.504 e. The summed E-state index contributed by atoms with van der Waals surface area (Å²) in [6.07, 6.45) is -10.2. The van der Waals surface area contributed by atoms with Crippen molar-refractivity contribution >= 4 is 93.0 Å². The van der Waals surface area contributed by atoms with Gasteiger partial charge >= 0.3 is 36.3 Å². The SMILES string of the molecule is Cc1nnc(SCC2=C(C(=O)O)N3C(=O)C(NC(=O)C(NC(=O)NNC(=O)c4ccc(O)c(O)c4)c4csc(N)n4)[C@@H]3SC2)s1.O=C(O)C(F)(F)F.O=C(O)C(F)(F)F. The molecule has 11 N–H and O–H groups in total. The van der Waals surface area contributed by atoms with Gasteiger partial charge in [-0.3, -0.25) is 24.7 Å². The number of nitrogen functional groups attached to an aromatic ring is 1. The van der Waals surface area contributed by atoms with Crippen LogP contribution >= 0.6 is 46.2 Å². The molecule has 0 radical (unpaired) electrons. The number of aliphatic carboxylic acids is 3. The lowest BCUT2D eigenvalue weighted by atomic mass is 10.0. The number of nitrogens with one attached hydrogen (secondary N) is 4. The highest BCUT2D eigenvalue weighted by molar-refractivity contribution is 8.01. The van der Waals surface area contributed by atoms with Crippen molar-refractivity contribution in [2.75, 3.05) is 17.2 Å². The zero-order chi connectivity index (χ0) is 44.6. The fourth-order valence-corrected chi connectivity index (χ4v) is 8.13. The number of thioether (sulfide) groups is 2. The van der Waals surface area contributed by atoms with Crippen LogP contribution < -0.4 is 27.2 Å². The number of β-lactam (4-membered cyclic amide) rings is 1. The predicted molar refractivity (Wildman–Crippen MR) is 191 cm³/mol. The number of urea groups is 1. The molecule has 0 bridgehead atoms. The van der Waals surface area contributed by atoms with Crippen molar-refractivity contribution in [1.29, 1.82) is 0 Å². The smallest absolute Gasteiger partial charge is 0.490 e. The second kappa shape index (κ2) is 19.6. The van der Waals surface area contributed by atoms with E-state index in [1.165, 1.54) is 46.3 Å². The van der Waals surface area contributed by atoms with Crippen LogP contribution in [0.25, 0.3) is 0 Å². The lowest BCUT2D eigenvalue weighted by Crippen LogP contribution is -2.71. The number of nitrogens with two attached hydrogens (primary N) is 1. The van der Waals surface area contributed by atoms with E-state index >= 15 is 0 Å². The second-order valence-corrected chi connectivity index (χ2v) is 15.3. The molecule has 5 rings (SSSR count). The van der Waals surface area contributed by atoms with Crippen molar-refractivity contribution in [2.24, 2.45) is 0 Å². The summed E-state index contributed by atoms with van der Waals surface area (Å²) < 4.78 is 64.1. The summed E-state index contributed by atoms with van der Waals surface area (Å²) in [5, 5.41) is 57.7. The third-order valence-electron chi connectivity index (χ3n) is 6.81. The van der Waals surface area contributed by atoms with Crippen LogP contribution in [0.2, 0.25) is 0 Å². The van der Waals surface area contributed by atoms with Gasteiger partial charge in [0.2, 0.25) is 5.91 Å². The van der Waals surface area contributed by atoms with E-state index in [0.29, 0.717) is 15.7 Å². The number of fused-ring (bicyclic) bond motifs is 1. The summed E-state index contributed by atoms with van der Waals surface area (Å²) in [4.78, 5) is 86.7. The number of amides is 5. The molecular weight excluding hydrogens is 897 g/mol. The van der Waals surface area contributed by atoms with Crippen LogP contribution in [0.15, 0.2) is 39.2 Å². The summed E-state index contributed by atoms with van der Waals surface area (Å²) in [6.45, 7) is 1.80. The summed E-state index contributed by atoms with van der Waals surface area (Å²) in [5.41, 5.74) is 10.2. The number of nitrogens with zero attached hydrogens (tertiary/aromatic N) is 4. The van der Waals surface area contributed by atoms with Crippen molar-refractivity contribution in [3.05, 3.63) is 51.1 Å². The number of hydrogen-bond donors (Lipinski definition) is 10. The molecule has 0 spiro atoms. The number of rotatable bonds is 9.